The molecule has 0 bridgehead atoms. The molecule has 0 aliphatic heterocycles. The normalized spacial score (nSPS) is 15.9. The fourth-order valence-corrected chi connectivity index (χ4v) is 12.6. The fourth-order valence-electron chi connectivity index (χ4n) is 12.6. The van der Waals surface area contributed by atoms with Crippen LogP contribution in [0.1, 0.15) is 34.1 Å². The second kappa shape index (κ2) is 11.1. The summed E-state index contributed by atoms with van der Waals surface area (Å²) in [5, 5.41) is 21.3. The Hall–Kier alpha value is -7.91. The van der Waals surface area contributed by atoms with Crippen molar-refractivity contribution in [3.63, 3.8) is 0 Å². The highest BCUT2D eigenvalue weighted by molar-refractivity contribution is 6.29. The maximum Gasteiger partial charge on any atom is 0.254 e. The molecule has 8 nitrogen and oxygen atoms in total. The lowest BCUT2D eigenvalue weighted by molar-refractivity contribution is 0.842. The zero-order valence-corrected chi connectivity index (χ0v) is 33.8. The van der Waals surface area contributed by atoms with Gasteiger partial charge in [-0.2, -0.15) is 5.10 Å². The van der Waals surface area contributed by atoms with Crippen LogP contribution in [-0.2, 0) is 0 Å². The molecule has 0 saturated heterocycles. The van der Waals surface area contributed by atoms with E-state index < -0.39 is 0 Å². The molecule has 6 heterocycles. The maximum atomic E-state index is 6.53. The van der Waals surface area contributed by atoms with Gasteiger partial charge in [-0.15, -0.1) is 5.10 Å². The smallest absolute Gasteiger partial charge is 0.254 e. The molecule has 16 rings (SSSR count). The zero-order valence-electron chi connectivity index (χ0n) is 33.8. The van der Waals surface area contributed by atoms with Gasteiger partial charge in [0, 0.05) is 78.8 Å². The molecule has 6 aromatic heterocycles. The molecule has 8 heteroatoms. The Balaban J connectivity index is 1.03. The Labute approximate surface area is 357 Å². The third-order valence-corrected chi connectivity index (χ3v) is 15.1. The first-order valence-corrected chi connectivity index (χ1v) is 21.8. The minimum Gasteiger partial charge on any atom is -0.330 e. The van der Waals surface area contributed by atoms with Gasteiger partial charge in [0.2, 0.25) is 0 Å². The molecule has 0 amide bonds. The molecule has 0 fully saturated rings. The van der Waals surface area contributed by atoms with Crippen LogP contribution in [-0.4, -0.2) is 41.6 Å². The summed E-state index contributed by atoms with van der Waals surface area (Å²) in [5.74, 6) is 0.852. The molecule has 4 N–H and O–H groups in total. The number of hydrogen-bond acceptors (Lipinski definition) is 5. The van der Waals surface area contributed by atoms with E-state index in [4.69, 9.17) is 16.5 Å². The Bertz CT molecular complexity index is 4100. The first-order valence-electron chi connectivity index (χ1n) is 21.8. The van der Waals surface area contributed by atoms with Crippen LogP contribution in [0.3, 0.4) is 0 Å². The van der Waals surface area contributed by atoms with Crippen molar-refractivity contribution >= 4 is 98.0 Å². The highest BCUT2D eigenvalue weighted by Gasteiger charge is 2.32. The molecule has 294 valence electrons. The minimum atomic E-state index is 0.157. The Morgan fingerprint density at radius 1 is 0.397 bits per heavy atom. The number of benzene rings is 8. The predicted molar refractivity (Wildman–Crippen MR) is 256 cm³/mol. The van der Waals surface area contributed by atoms with Gasteiger partial charge in [0.25, 0.3) is 5.95 Å². The van der Waals surface area contributed by atoms with Crippen molar-refractivity contribution in [2.45, 2.75) is 11.8 Å². The van der Waals surface area contributed by atoms with E-state index >= 15 is 0 Å². The maximum absolute atomic E-state index is 6.53. The third kappa shape index (κ3) is 3.74. The lowest BCUT2D eigenvalue weighted by atomic mass is 9.96. The molecule has 0 saturated carbocycles. The van der Waals surface area contributed by atoms with E-state index in [9.17, 15) is 0 Å². The molecule has 0 spiro atoms. The summed E-state index contributed by atoms with van der Waals surface area (Å²) in [5.41, 5.74) is 32.7. The Morgan fingerprint density at radius 3 is 1.30 bits per heavy atom. The van der Waals surface area contributed by atoms with Crippen molar-refractivity contribution in [1.29, 1.82) is 0 Å². The first kappa shape index (κ1) is 32.8. The Morgan fingerprint density at radius 2 is 0.841 bits per heavy atom. The molecule has 14 aromatic rings. The Kier molecular flexibility index (Phi) is 5.79. The van der Waals surface area contributed by atoms with E-state index in [0.717, 1.165) is 32.8 Å². The summed E-state index contributed by atoms with van der Waals surface area (Å²) in [6.07, 6.45) is 3.37. The lowest BCUT2D eigenvalue weighted by Gasteiger charge is -2.11. The average molecular weight is 807 g/mol. The van der Waals surface area contributed by atoms with Crippen molar-refractivity contribution in [3.05, 3.63) is 168 Å². The number of para-hydroxylation sites is 2. The van der Waals surface area contributed by atoms with Gasteiger partial charge < -0.3 is 20.3 Å². The van der Waals surface area contributed by atoms with E-state index in [1.807, 2.05) is 0 Å². The van der Waals surface area contributed by atoms with Gasteiger partial charge >= 0.3 is 0 Å². The number of aromatic nitrogens is 6. The van der Waals surface area contributed by atoms with E-state index in [-0.39, 0.29) is 11.8 Å². The molecule has 63 heavy (non-hydrogen) atoms. The minimum absolute atomic E-state index is 0.157. The SMILES string of the molecule is NCC1c2ccccc2-c2cc3c4cccc5c6cc7c8cc9c%10cccc%11c%12cc%13c(cc%12n(c9cc8n(-c8nccnn8)c7cc6n(c3cc21)c45)c%11%10)C(CN)c1ccccc1-%13. The molecular formula is C55H34N8. The molecular weight excluding hydrogens is 773 g/mol. The zero-order chi connectivity index (χ0) is 41.0. The van der Waals surface area contributed by atoms with E-state index in [1.165, 1.54) is 110 Å². The van der Waals surface area contributed by atoms with Crippen molar-refractivity contribution < 1.29 is 0 Å². The third-order valence-electron chi connectivity index (χ3n) is 15.1. The van der Waals surface area contributed by atoms with Gasteiger partial charge in [-0.3, -0.25) is 4.57 Å². The number of nitrogens with two attached hydrogens (primary N) is 2. The topological polar surface area (TPSA) is 104 Å². The number of rotatable bonds is 3. The highest BCUT2D eigenvalue weighted by Crippen LogP contribution is 2.52. The summed E-state index contributed by atoms with van der Waals surface area (Å²) in [7, 11) is 0. The van der Waals surface area contributed by atoms with Crippen molar-refractivity contribution in [1.82, 2.24) is 28.5 Å². The number of nitrogens with zero attached hydrogens (tertiary/aromatic N) is 6. The van der Waals surface area contributed by atoms with Crippen molar-refractivity contribution in [2.24, 2.45) is 11.5 Å². The van der Waals surface area contributed by atoms with E-state index in [1.54, 1.807) is 12.4 Å². The van der Waals surface area contributed by atoms with Gasteiger partial charge in [0.15, 0.2) is 0 Å². The summed E-state index contributed by atoms with van der Waals surface area (Å²) in [6.45, 7) is 1.12. The summed E-state index contributed by atoms with van der Waals surface area (Å²) in [4.78, 5) is 4.85. The van der Waals surface area contributed by atoms with E-state index in [0.29, 0.717) is 19.0 Å². The lowest BCUT2D eigenvalue weighted by Crippen LogP contribution is -2.11. The molecule has 2 atom stereocenters. The molecule has 2 unspecified atom stereocenters. The van der Waals surface area contributed by atoms with Crippen LogP contribution < -0.4 is 11.5 Å². The second-order valence-corrected chi connectivity index (χ2v) is 17.8. The van der Waals surface area contributed by atoms with Gasteiger partial charge in [0.05, 0.1) is 56.5 Å². The predicted octanol–water partition coefficient (Wildman–Crippen LogP) is 11.4. The standard InChI is InChI=1S/C55H34N8/c56-25-45-29-9-3-1-7-27(29)35-17-39-31-11-5-13-33-41-19-43-44-20-42-34-14-6-12-32-40-18-36-28-8-2-4-10-30(28)46(26-57)38(36)22-48(40)62(54(32)34)50(42)24-52(44)63(55-58-15-16-59-60-55)51(43)23-49(41)61(53(31)33)47(39)21-37(35)45/h1-24,45-46H,25-26,56-57H2. The highest BCUT2D eigenvalue weighted by atomic mass is 15.3. The van der Waals surface area contributed by atoms with Crippen LogP contribution in [0.5, 0.6) is 0 Å². The van der Waals surface area contributed by atoms with Crippen molar-refractivity contribution in [3.8, 4) is 28.2 Å². The number of fused-ring (bicyclic) bond motifs is 21. The van der Waals surface area contributed by atoms with Crippen LogP contribution in [0.25, 0.3) is 126 Å². The van der Waals surface area contributed by atoms with E-state index in [2.05, 4.69) is 157 Å². The first-order chi connectivity index (χ1) is 31.2. The molecule has 8 aromatic carbocycles. The summed E-state index contributed by atoms with van der Waals surface area (Å²) in [6, 6.07) is 50.3. The fraction of sp³-hybridized carbons (Fsp3) is 0.0727. The largest absolute Gasteiger partial charge is 0.330 e. The molecule has 2 aliphatic carbocycles. The van der Waals surface area contributed by atoms with Crippen LogP contribution >= 0.6 is 0 Å². The van der Waals surface area contributed by atoms with Crippen LogP contribution in [0, 0.1) is 0 Å². The second-order valence-electron chi connectivity index (χ2n) is 17.8. The molecule has 0 radical (unpaired) electrons. The average Bonchev–Trinajstić information content (AvgIpc) is 4.19. The molecule has 2 aliphatic rings. The summed E-state index contributed by atoms with van der Waals surface area (Å²) < 4.78 is 7.19. The van der Waals surface area contributed by atoms with Gasteiger partial charge in [-0.25, -0.2) is 4.98 Å². The monoisotopic (exact) mass is 806 g/mol. The summed E-state index contributed by atoms with van der Waals surface area (Å²) >= 11 is 0. The number of hydrogen-bond donors (Lipinski definition) is 2. The van der Waals surface area contributed by atoms with Gasteiger partial charge in [-0.05, 0) is 93.0 Å². The van der Waals surface area contributed by atoms with Gasteiger partial charge in [0.1, 0.15) is 0 Å². The van der Waals surface area contributed by atoms with Crippen LogP contribution in [0.4, 0.5) is 0 Å². The van der Waals surface area contributed by atoms with Crippen molar-refractivity contribution in [2.75, 3.05) is 13.1 Å². The van der Waals surface area contributed by atoms with Crippen LogP contribution in [0.2, 0.25) is 0 Å². The van der Waals surface area contributed by atoms with Gasteiger partial charge in [-0.1, -0.05) is 84.9 Å². The quantitative estimate of drug-likeness (QED) is 0.185. The van der Waals surface area contributed by atoms with Crippen LogP contribution in [0.15, 0.2) is 146 Å².